The number of para-hydroxylation sites is 1. The van der Waals surface area contributed by atoms with Gasteiger partial charge < -0.3 is 9.80 Å². The van der Waals surface area contributed by atoms with E-state index in [2.05, 4.69) is 189 Å². The minimum Gasteiger partial charge on any atom is -0.310 e. The fourth-order valence-corrected chi connectivity index (χ4v) is 9.60. The number of hydrogen-bond acceptors (Lipinski definition) is 2. The second-order valence-electron chi connectivity index (χ2n) is 16.0. The van der Waals surface area contributed by atoms with Crippen LogP contribution in [0.1, 0.15) is 25.0 Å². The van der Waals surface area contributed by atoms with Gasteiger partial charge in [-0.25, -0.2) is 4.39 Å². The number of benzene rings is 8. The number of anilines is 6. The Morgan fingerprint density at radius 2 is 1.06 bits per heavy atom. The minimum atomic E-state index is -1.46. The SMILES string of the molecule is CC1(C)c2cc(N(c3ccccc3)c3ccc([Si](C)(C)C)cc3)ccc2-c2c1cc(N(c1cccc(F)c1)c1cccc3ccccc13)c1ccccc21. The van der Waals surface area contributed by atoms with E-state index in [9.17, 15) is 0 Å². The van der Waals surface area contributed by atoms with Gasteiger partial charge >= 0.3 is 0 Å². The summed E-state index contributed by atoms with van der Waals surface area (Å²) in [6, 6.07) is 59.7. The third-order valence-electron chi connectivity index (χ3n) is 11.2. The maximum absolute atomic E-state index is 15.1. The van der Waals surface area contributed by atoms with Crippen molar-refractivity contribution in [2.45, 2.75) is 38.9 Å². The van der Waals surface area contributed by atoms with Gasteiger partial charge in [-0.05, 0) is 99.8 Å². The molecule has 0 unspecified atom stereocenters. The summed E-state index contributed by atoms with van der Waals surface area (Å²) in [4.78, 5) is 4.63. The van der Waals surface area contributed by atoms with E-state index in [0.717, 1.165) is 50.3 Å². The Labute approximate surface area is 318 Å². The van der Waals surface area contributed by atoms with Gasteiger partial charge in [0.25, 0.3) is 0 Å². The van der Waals surface area contributed by atoms with Crippen LogP contribution in [0.25, 0.3) is 32.7 Å². The first kappa shape index (κ1) is 33.8. The van der Waals surface area contributed by atoms with E-state index in [1.54, 1.807) is 12.1 Å². The molecule has 0 amide bonds. The molecule has 0 spiro atoms. The topological polar surface area (TPSA) is 6.48 Å². The molecule has 2 nitrogen and oxygen atoms in total. The lowest BCUT2D eigenvalue weighted by Crippen LogP contribution is -2.37. The van der Waals surface area contributed by atoms with Crippen molar-refractivity contribution in [1.82, 2.24) is 0 Å². The molecule has 0 saturated heterocycles. The van der Waals surface area contributed by atoms with Crippen molar-refractivity contribution in [2.24, 2.45) is 0 Å². The van der Waals surface area contributed by atoms with E-state index < -0.39 is 8.07 Å². The molecule has 1 aliphatic rings. The predicted molar refractivity (Wildman–Crippen MR) is 231 cm³/mol. The Morgan fingerprint density at radius 3 is 1.80 bits per heavy atom. The number of fused-ring (bicyclic) bond motifs is 6. The number of nitrogens with zero attached hydrogens (tertiary/aromatic N) is 2. The molecule has 4 heteroatoms. The minimum absolute atomic E-state index is 0.262. The first-order chi connectivity index (χ1) is 26.1. The van der Waals surface area contributed by atoms with Crippen LogP contribution in [0.4, 0.5) is 38.5 Å². The van der Waals surface area contributed by atoms with Gasteiger partial charge in [-0.2, -0.15) is 0 Å². The Morgan fingerprint density at radius 1 is 0.463 bits per heavy atom. The molecular formula is C50H43FN2Si. The molecule has 8 aromatic rings. The third kappa shape index (κ3) is 5.61. The number of hydrogen-bond donors (Lipinski definition) is 0. The second-order valence-corrected chi connectivity index (χ2v) is 21.1. The van der Waals surface area contributed by atoms with Gasteiger partial charge in [-0.3, -0.25) is 0 Å². The van der Waals surface area contributed by atoms with Crippen molar-refractivity contribution >= 4 is 68.9 Å². The first-order valence-electron chi connectivity index (χ1n) is 18.8. The predicted octanol–water partition coefficient (Wildman–Crippen LogP) is 13.9. The fourth-order valence-electron chi connectivity index (χ4n) is 8.44. The maximum atomic E-state index is 15.1. The lowest BCUT2D eigenvalue weighted by molar-refractivity contribution is 0.628. The van der Waals surface area contributed by atoms with Crippen molar-refractivity contribution in [1.29, 1.82) is 0 Å². The van der Waals surface area contributed by atoms with E-state index in [-0.39, 0.29) is 11.2 Å². The average molecular weight is 719 g/mol. The van der Waals surface area contributed by atoms with E-state index in [4.69, 9.17) is 0 Å². The van der Waals surface area contributed by atoms with E-state index in [1.165, 1.54) is 38.9 Å². The van der Waals surface area contributed by atoms with Crippen molar-refractivity contribution in [3.63, 3.8) is 0 Å². The molecule has 0 bridgehead atoms. The lowest BCUT2D eigenvalue weighted by Gasteiger charge is -2.31. The summed E-state index contributed by atoms with van der Waals surface area (Å²) in [6.45, 7) is 11.9. The van der Waals surface area contributed by atoms with Crippen LogP contribution in [0.3, 0.4) is 0 Å². The van der Waals surface area contributed by atoms with Gasteiger partial charge in [0.1, 0.15) is 5.82 Å². The average Bonchev–Trinajstić information content (AvgIpc) is 3.41. The molecule has 0 radical (unpaired) electrons. The molecule has 54 heavy (non-hydrogen) atoms. The van der Waals surface area contributed by atoms with Gasteiger partial charge in [-0.1, -0.05) is 142 Å². The molecule has 0 heterocycles. The molecule has 0 atom stereocenters. The quantitative estimate of drug-likeness (QED) is 0.151. The summed E-state index contributed by atoms with van der Waals surface area (Å²) in [6.07, 6.45) is 0. The molecule has 0 fully saturated rings. The summed E-state index contributed by atoms with van der Waals surface area (Å²) >= 11 is 0. The van der Waals surface area contributed by atoms with Crippen LogP contribution < -0.4 is 15.0 Å². The monoisotopic (exact) mass is 718 g/mol. The molecule has 264 valence electrons. The highest BCUT2D eigenvalue weighted by atomic mass is 28.3. The van der Waals surface area contributed by atoms with Gasteiger partial charge in [0.05, 0.1) is 19.4 Å². The van der Waals surface area contributed by atoms with Crippen molar-refractivity contribution in [3.05, 3.63) is 187 Å². The number of halogens is 1. The zero-order valence-corrected chi connectivity index (χ0v) is 32.4. The highest BCUT2D eigenvalue weighted by Crippen LogP contribution is 2.56. The van der Waals surface area contributed by atoms with Crippen molar-refractivity contribution < 1.29 is 4.39 Å². The highest BCUT2D eigenvalue weighted by molar-refractivity contribution is 6.88. The Bertz CT molecular complexity index is 2690. The van der Waals surface area contributed by atoms with Gasteiger partial charge in [0, 0.05) is 38.9 Å². The fraction of sp³-hybridized carbons (Fsp3) is 0.120. The summed E-state index contributed by atoms with van der Waals surface area (Å²) in [5, 5.41) is 6.01. The molecule has 1 aliphatic carbocycles. The Balaban J connectivity index is 1.25. The van der Waals surface area contributed by atoms with Crippen LogP contribution in [0.15, 0.2) is 170 Å². The van der Waals surface area contributed by atoms with E-state index in [1.807, 2.05) is 6.07 Å². The van der Waals surface area contributed by atoms with E-state index in [0.29, 0.717) is 0 Å². The molecule has 9 rings (SSSR count). The normalized spacial score (nSPS) is 13.1. The molecule has 0 aromatic heterocycles. The zero-order valence-electron chi connectivity index (χ0n) is 31.4. The summed E-state index contributed by atoms with van der Waals surface area (Å²) in [7, 11) is -1.46. The summed E-state index contributed by atoms with van der Waals surface area (Å²) in [5.41, 5.74) is 11.0. The highest BCUT2D eigenvalue weighted by Gasteiger charge is 2.38. The molecule has 0 aliphatic heterocycles. The molecule has 0 N–H and O–H groups in total. The van der Waals surface area contributed by atoms with Crippen LogP contribution in [-0.2, 0) is 5.41 Å². The zero-order chi connectivity index (χ0) is 37.2. The van der Waals surface area contributed by atoms with Crippen molar-refractivity contribution in [2.75, 3.05) is 9.80 Å². The van der Waals surface area contributed by atoms with Crippen LogP contribution in [0.5, 0.6) is 0 Å². The Hall–Kier alpha value is -5.97. The standard InChI is InChI=1S/C50H43FN2Si/c1-50(2)45-32-39(52(36-18-7-6-8-19-36)37-25-28-40(29-26-37)54(3,4)5)27-30-44(45)49-43-23-12-11-22-42(43)48(33-46(49)50)53(38-20-14-17-35(51)31-38)47-24-13-16-34-15-9-10-21-41(34)47/h6-33H,1-5H3. The second kappa shape index (κ2) is 12.9. The van der Waals surface area contributed by atoms with Crippen LogP contribution >= 0.6 is 0 Å². The Kier molecular flexibility index (Phi) is 8.06. The molecule has 8 aromatic carbocycles. The molecule has 0 saturated carbocycles. The smallest absolute Gasteiger partial charge is 0.125 e. The van der Waals surface area contributed by atoms with E-state index >= 15 is 4.39 Å². The van der Waals surface area contributed by atoms with Crippen LogP contribution in [0, 0.1) is 5.82 Å². The van der Waals surface area contributed by atoms with Gasteiger partial charge in [0.2, 0.25) is 0 Å². The van der Waals surface area contributed by atoms with Crippen LogP contribution in [0.2, 0.25) is 19.6 Å². The van der Waals surface area contributed by atoms with Crippen molar-refractivity contribution in [3.8, 4) is 11.1 Å². The molecular weight excluding hydrogens is 676 g/mol. The van der Waals surface area contributed by atoms with Gasteiger partial charge in [-0.15, -0.1) is 0 Å². The lowest BCUT2D eigenvalue weighted by atomic mass is 9.81. The number of rotatable bonds is 7. The summed E-state index contributed by atoms with van der Waals surface area (Å²) in [5.74, 6) is -0.262. The van der Waals surface area contributed by atoms with Crippen LogP contribution in [-0.4, -0.2) is 8.07 Å². The summed E-state index contributed by atoms with van der Waals surface area (Å²) < 4.78 is 15.1. The third-order valence-corrected chi connectivity index (χ3v) is 13.3. The largest absolute Gasteiger partial charge is 0.310 e. The maximum Gasteiger partial charge on any atom is 0.125 e. The van der Waals surface area contributed by atoms with Gasteiger partial charge in [0.15, 0.2) is 0 Å². The first-order valence-corrected chi connectivity index (χ1v) is 22.3.